The van der Waals surface area contributed by atoms with E-state index in [4.69, 9.17) is 5.73 Å². The number of aliphatic hydroxyl groups is 1. The Hall–Kier alpha value is -0.340. The minimum absolute atomic E-state index is 0.181. The summed E-state index contributed by atoms with van der Waals surface area (Å²) in [6, 6.07) is 0. The molecule has 0 aromatic heterocycles. The van der Waals surface area contributed by atoms with E-state index in [1.165, 1.54) is 0 Å². The van der Waals surface area contributed by atoms with Gasteiger partial charge >= 0.3 is 0 Å². The smallest absolute Gasteiger partial charge is 0.0586 e. The fourth-order valence-electron chi connectivity index (χ4n) is 1.36. The van der Waals surface area contributed by atoms with E-state index in [9.17, 15) is 5.11 Å². The van der Waals surface area contributed by atoms with Gasteiger partial charge in [-0.2, -0.15) is 0 Å². The largest absolute Gasteiger partial charge is 0.393 e. The third kappa shape index (κ3) is 1.82. The van der Waals surface area contributed by atoms with E-state index in [1.54, 1.807) is 0 Å². The van der Waals surface area contributed by atoms with Crippen LogP contribution >= 0.6 is 0 Å². The maximum absolute atomic E-state index is 9.43. The van der Waals surface area contributed by atoms with Crippen LogP contribution in [0.4, 0.5) is 0 Å². The molecule has 1 unspecified atom stereocenters. The zero-order chi connectivity index (χ0) is 7.40. The Bertz CT molecular complexity index is 114. The summed E-state index contributed by atoms with van der Waals surface area (Å²) in [5.74, 6) is 0.448. The van der Waals surface area contributed by atoms with Crippen LogP contribution in [0.25, 0.3) is 0 Å². The lowest BCUT2D eigenvalue weighted by Crippen LogP contribution is -2.21. The van der Waals surface area contributed by atoms with Crippen LogP contribution in [0.15, 0.2) is 12.2 Å². The van der Waals surface area contributed by atoms with E-state index < -0.39 is 0 Å². The molecular formula is C8H15NO. The molecule has 0 radical (unpaired) electrons. The van der Waals surface area contributed by atoms with Crippen molar-refractivity contribution < 1.29 is 5.11 Å². The molecule has 2 heteroatoms. The standard InChI is InChI=1S/C8H15NO/c9-6-5-8(10)7-3-1-2-4-7/h1-2,7-8,10H,3-6,9H2. The average molecular weight is 141 g/mol. The molecule has 1 aliphatic rings. The fourth-order valence-corrected chi connectivity index (χ4v) is 1.36. The van der Waals surface area contributed by atoms with Crippen molar-refractivity contribution in [1.82, 2.24) is 0 Å². The van der Waals surface area contributed by atoms with Gasteiger partial charge in [0.05, 0.1) is 6.10 Å². The maximum atomic E-state index is 9.43. The van der Waals surface area contributed by atoms with Gasteiger partial charge in [-0.25, -0.2) is 0 Å². The second-order valence-corrected chi connectivity index (χ2v) is 2.85. The second-order valence-electron chi connectivity index (χ2n) is 2.85. The Morgan fingerprint density at radius 2 is 2.10 bits per heavy atom. The topological polar surface area (TPSA) is 46.2 Å². The minimum atomic E-state index is -0.181. The molecule has 0 amide bonds. The summed E-state index contributed by atoms with van der Waals surface area (Å²) in [6.45, 7) is 0.595. The third-order valence-electron chi connectivity index (χ3n) is 2.05. The third-order valence-corrected chi connectivity index (χ3v) is 2.05. The van der Waals surface area contributed by atoms with Gasteiger partial charge in [-0.15, -0.1) is 0 Å². The summed E-state index contributed by atoms with van der Waals surface area (Å²) < 4.78 is 0. The monoisotopic (exact) mass is 141 g/mol. The lowest BCUT2D eigenvalue weighted by Gasteiger charge is -2.15. The van der Waals surface area contributed by atoms with Crippen molar-refractivity contribution in [2.45, 2.75) is 25.4 Å². The molecule has 0 aromatic carbocycles. The first kappa shape index (κ1) is 7.76. The molecule has 0 saturated heterocycles. The molecule has 2 nitrogen and oxygen atoms in total. The highest BCUT2D eigenvalue weighted by molar-refractivity contribution is 4.96. The average Bonchev–Trinajstić information content (AvgIpc) is 2.38. The van der Waals surface area contributed by atoms with Crippen molar-refractivity contribution in [2.75, 3.05) is 6.54 Å². The van der Waals surface area contributed by atoms with Gasteiger partial charge in [-0.05, 0) is 31.7 Å². The molecule has 0 heterocycles. The lowest BCUT2D eigenvalue weighted by molar-refractivity contribution is 0.107. The second kappa shape index (κ2) is 3.74. The van der Waals surface area contributed by atoms with Crippen molar-refractivity contribution >= 4 is 0 Å². The predicted octanol–water partition coefficient (Wildman–Crippen LogP) is 0.662. The number of nitrogens with two attached hydrogens (primary N) is 1. The molecule has 0 spiro atoms. The summed E-state index contributed by atoms with van der Waals surface area (Å²) >= 11 is 0. The van der Waals surface area contributed by atoms with Crippen LogP contribution in [-0.2, 0) is 0 Å². The molecule has 58 valence electrons. The van der Waals surface area contributed by atoms with Crippen molar-refractivity contribution in [3.8, 4) is 0 Å². The summed E-state index contributed by atoms with van der Waals surface area (Å²) in [7, 11) is 0. The molecule has 0 aliphatic heterocycles. The Balaban J connectivity index is 2.21. The van der Waals surface area contributed by atoms with Gasteiger partial charge in [0.2, 0.25) is 0 Å². The maximum Gasteiger partial charge on any atom is 0.0586 e. The first-order valence-electron chi connectivity index (χ1n) is 3.87. The molecule has 0 saturated carbocycles. The lowest BCUT2D eigenvalue weighted by atomic mass is 9.98. The highest BCUT2D eigenvalue weighted by Crippen LogP contribution is 2.22. The summed E-state index contributed by atoms with van der Waals surface area (Å²) in [5, 5.41) is 9.43. The van der Waals surface area contributed by atoms with Gasteiger partial charge in [-0.1, -0.05) is 12.2 Å². The highest BCUT2D eigenvalue weighted by Gasteiger charge is 2.18. The number of hydrogen-bond donors (Lipinski definition) is 2. The molecular weight excluding hydrogens is 126 g/mol. The van der Waals surface area contributed by atoms with Gasteiger partial charge in [0, 0.05) is 0 Å². The van der Waals surface area contributed by atoms with Crippen molar-refractivity contribution in [1.29, 1.82) is 0 Å². The Morgan fingerprint density at radius 3 is 2.60 bits per heavy atom. The summed E-state index contributed by atoms with van der Waals surface area (Å²) in [6.07, 6.45) is 6.88. The predicted molar refractivity (Wildman–Crippen MR) is 41.5 cm³/mol. The Kier molecular flexibility index (Phi) is 2.90. The molecule has 1 rings (SSSR count). The van der Waals surface area contributed by atoms with E-state index in [1.807, 2.05) is 0 Å². The van der Waals surface area contributed by atoms with Crippen LogP contribution in [0.5, 0.6) is 0 Å². The normalized spacial score (nSPS) is 21.8. The zero-order valence-corrected chi connectivity index (χ0v) is 6.16. The zero-order valence-electron chi connectivity index (χ0n) is 6.16. The molecule has 3 N–H and O–H groups in total. The van der Waals surface area contributed by atoms with E-state index in [0.29, 0.717) is 12.5 Å². The van der Waals surface area contributed by atoms with E-state index >= 15 is 0 Å². The van der Waals surface area contributed by atoms with Crippen LogP contribution in [0, 0.1) is 5.92 Å². The molecule has 0 bridgehead atoms. The summed E-state index contributed by atoms with van der Waals surface area (Å²) in [5.41, 5.74) is 5.32. The van der Waals surface area contributed by atoms with Crippen molar-refractivity contribution in [3.05, 3.63) is 12.2 Å². The fraction of sp³-hybridized carbons (Fsp3) is 0.750. The van der Waals surface area contributed by atoms with E-state index in [-0.39, 0.29) is 6.10 Å². The molecule has 1 atom stereocenters. The molecule has 0 aromatic rings. The van der Waals surface area contributed by atoms with E-state index in [0.717, 1.165) is 19.3 Å². The first-order chi connectivity index (χ1) is 4.84. The van der Waals surface area contributed by atoms with Gasteiger partial charge in [-0.3, -0.25) is 0 Å². The minimum Gasteiger partial charge on any atom is -0.393 e. The van der Waals surface area contributed by atoms with Gasteiger partial charge in [0.25, 0.3) is 0 Å². The SMILES string of the molecule is NCCC(O)C1CC=CC1. The van der Waals surface area contributed by atoms with Gasteiger partial charge in [0.1, 0.15) is 0 Å². The number of aliphatic hydroxyl groups excluding tert-OH is 1. The Morgan fingerprint density at radius 1 is 1.50 bits per heavy atom. The number of hydrogen-bond acceptors (Lipinski definition) is 2. The van der Waals surface area contributed by atoms with Crippen LogP contribution in [0.1, 0.15) is 19.3 Å². The molecule has 10 heavy (non-hydrogen) atoms. The van der Waals surface area contributed by atoms with Crippen LogP contribution < -0.4 is 5.73 Å². The van der Waals surface area contributed by atoms with Crippen LogP contribution in [0.2, 0.25) is 0 Å². The first-order valence-corrected chi connectivity index (χ1v) is 3.87. The van der Waals surface area contributed by atoms with Gasteiger partial charge in [0.15, 0.2) is 0 Å². The van der Waals surface area contributed by atoms with Crippen LogP contribution in [-0.4, -0.2) is 17.8 Å². The molecule has 1 aliphatic carbocycles. The van der Waals surface area contributed by atoms with Crippen LogP contribution in [0.3, 0.4) is 0 Å². The van der Waals surface area contributed by atoms with Gasteiger partial charge < -0.3 is 10.8 Å². The quantitative estimate of drug-likeness (QED) is 0.567. The van der Waals surface area contributed by atoms with E-state index in [2.05, 4.69) is 12.2 Å². The Labute approximate surface area is 61.7 Å². The number of rotatable bonds is 3. The summed E-state index contributed by atoms with van der Waals surface area (Å²) in [4.78, 5) is 0. The highest BCUT2D eigenvalue weighted by atomic mass is 16.3. The molecule has 0 fully saturated rings. The van der Waals surface area contributed by atoms with Crippen molar-refractivity contribution in [2.24, 2.45) is 11.7 Å². The number of allylic oxidation sites excluding steroid dienone is 2. The van der Waals surface area contributed by atoms with Crippen molar-refractivity contribution in [3.63, 3.8) is 0 Å².